The first-order valence-corrected chi connectivity index (χ1v) is 11.7. The van der Waals surface area contributed by atoms with Crippen LogP contribution in [-0.4, -0.2) is 39.4 Å². The molecule has 3 aromatic rings. The molecule has 1 saturated carbocycles. The Morgan fingerprint density at radius 3 is 2.66 bits per heavy atom. The Hall–Kier alpha value is -3.02. The van der Waals surface area contributed by atoms with Crippen molar-refractivity contribution < 1.29 is 14.0 Å². The second-order valence-corrected chi connectivity index (χ2v) is 9.50. The second kappa shape index (κ2) is 8.15. The molecule has 0 bridgehead atoms. The van der Waals surface area contributed by atoms with Gasteiger partial charge in [0.05, 0.1) is 12.1 Å². The van der Waals surface area contributed by atoms with E-state index >= 15 is 0 Å². The summed E-state index contributed by atoms with van der Waals surface area (Å²) in [7, 11) is 0. The number of hydrogen-bond donors (Lipinski definition) is 1. The predicted molar refractivity (Wildman–Crippen MR) is 124 cm³/mol. The SMILES string of the molecule is Cc1cc2c(cc3n2CC(C)(C(=O)NC2CCCCC2)N(CCc2ccccc2)C3=O)o1. The van der Waals surface area contributed by atoms with Gasteiger partial charge in [0.15, 0.2) is 5.58 Å². The van der Waals surface area contributed by atoms with Gasteiger partial charge in [-0.15, -0.1) is 0 Å². The summed E-state index contributed by atoms with van der Waals surface area (Å²) in [6.45, 7) is 4.72. The van der Waals surface area contributed by atoms with Gasteiger partial charge in [-0.2, -0.15) is 0 Å². The molecule has 2 aromatic heterocycles. The zero-order valence-corrected chi connectivity index (χ0v) is 18.9. The standard InChI is InChI=1S/C26H31N3O3/c1-18-15-21-23(32-18)16-22-24(30)29(14-13-19-9-5-3-6-10-19)26(2,17-28(21)22)25(31)27-20-11-7-4-8-12-20/h3,5-6,9-10,15-16,20H,4,7-8,11-14,17H2,1-2H3,(H,27,31). The highest BCUT2D eigenvalue weighted by Crippen LogP contribution is 2.34. The molecule has 2 amide bonds. The van der Waals surface area contributed by atoms with Gasteiger partial charge in [0.25, 0.3) is 5.91 Å². The summed E-state index contributed by atoms with van der Waals surface area (Å²) in [5, 5.41) is 3.28. The number of rotatable bonds is 5. The summed E-state index contributed by atoms with van der Waals surface area (Å²) in [6, 6.07) is 14.1. The van der Waals surface area contributed by atoms with Crippen LogP contribution in [0, 0.1) is 6.92 Å². The number of amides is 2. The molecule has 0 spiro atoms. The van der Waals surface area contributed by atoms with E-state index < -0.39 is 5.54 Å². The molecule has 5 rings (SSSR count). The lowest BCUT2D eigenvalue weighted by Gasteiger charge is -2.45. The lowest BCUT2D eigenvalue weighted by Crippen LogP contribution is -2.65. The van der Waals surface area contributed by atoms with Crippen molar-refractivity contribution >= 4 is 22.9 Å². The molecule has 1 aromatic carbocycles. The number of benzene rings is 1. The van der Waals surface area contributed by atoms with E-state index in [1.165, 1.54) is 6.42 Å². The van der Waals surface area contributed by atoms with Gasteiger partial charge in [-0.1, -0.05) is 49.6 Å². The van der Waals surface area contributed by atoms with Gasteiger partial charge in [-0.25, -0.2) is 0 Å². The second-order valence-electron chi connectivity index (χ2n) is 9.50. The number of nitrogens with one attached hydrogen (secondary N) is 1. The Bertz CT molecular complexity index is 1140. The third kappa shape index (κ3) is 3.61. The van der Waals surface area contributed by atoms with Crippen LogP contribution >= 0.6 is 0 Å². The number of aryl methyl sites for hydroxylation is 1. The zero-order valence-electron chi connectivity index (χ0n) is 18.9. The van der Waals surface area contributed by atoms with Gasteiger partial charge in [0.1, 0.15) is 17.0 Å². The van der Waals surface area contributed by atoms with E-state index in [2.05, 4.69) is 17.4 Å². The van der Waals surface area contributed by atoms with Crippen LogP contribution in [0.25, 0.3) is 11.1 Å². The Balaban J connectivity index is 1.49. The zero-order chi connectivity index (χ0) is 22.3. The lowest BCUT2D eigenvalue weighted by molar-refractivity contribution is -0.133. The number of carbonyl (C=O) groups excluding carboxylic acids is 2. The molecule has 0 radical (unpaired) electrons. The van der Waals surface area contributed by atoms with Crippen molar-refractivity contribution in [1.82, 2.24) is 14.8 Å². The summed E-state index contributed by atoms with van der Waals surface area (Å²) in [5.74, 6) is 0.633. The smallest absolute Gasteiger partial charge is 0.271 e. The van der Waals surface area contributed by atoms with Gasteiger partial charge >= 0.3 is 0 Å². The first kappa shape index (κ1) is 20.9. The van der Waals surface area contributed by atoms with E-state index in [0.29, 0.717) is 30.8 Å². The van der Waals surface area contributed by atoms with E-state index in [4.69, 9.17) is 4.42 Å². The molecule has 1 aliphatic carbocycles. The van der Waals surface area contributed by atoms with Crippen molar-refractivity contribution in [1.29, 1.82) is 0 Å². The van der Waals surface area contributed by atoms with Gasteiger partial charge in [0.2, 0.25) is 5.91 Å². The molecule has 1 atom stereocenters. The van der Waals surface area contributed by atoms with Crippen LogP contribution < -0.4 is 5.32 Å². The van der Waals surface area contributed by atoms with E-state index in [9.17, 15) is 9.59 Å². The monoisotopic (exact) mass is 433 g/mol. The fraction of sp³-hybridized carbons (Fsp3) is 0.462. The maximum Gasteiger partial charge on any atom is 0.271 e. The number of fused-ring (bicyclic) bond motifs is 3. The van der Waals surface area contributed by atoms with Crippen molar-refractivity contribution in [2.24, 2.45) is 0 Å². The van der Waals surface area contributed by atoms with Gasteiger partial charge in [-0.3, -0.25) is 9.59 Å². The van der Waals surface area contributed by atoms with Crippen LogP contribution in [0.2, 0.25) is 0 Å². The molecule has 32 heavy (non-hydrogen) atoms. The van der Waals surface area contributed by atoms with E-state index in [1.54, 1.807) is 4.90 Å². The molecule has 0 saturated heterocycles. The molecule has 168 valence electrons. The number of carbonyl (C=O) groups is 2. The third-order valence-corrected chi connectivity index (χ3v) is 7.14. The van der Waals surface area contributed by atoms with Gasteiger partial charge in [0, 0.05) is 24.7 Å². The molecular formula is C26H31N3O3. The fourth-order valence-corrected chi connectivity index (χ4v) is 5.28. The van der Waals surface area contributed by atoms with Crippen LogP contribution in [0.1, 0.15) is 60.8 Å². The fourth-order valence-electron chi connectivity index (χ4n) is 5.28. The van der Waals surface area contributed by atoms with Gasteiger partial charge in [-0.05, 0) is 38.7 Å². The van der Waals surface area contributed by atoms with Crippen molar-refractivity contribution in [2.75, 3.05) is 6.54 Å². The number of aromatic nitrogens is 1. The maximum atomic E-state index is 13.7. The molecule has 6 heteroatoms. The molecule has 3 heterocycles. The topological polar surface area (TPSA) is 67.5 Å². The number of hydrogen-bond acceptors (Lipinski definition) is 3. The predicted octanol–water partition coefficient (Wildman–Crippen LogP) is 4.45. The maximum absolute atomic E-state index is 13.7. The molecule has 1 N–H and O–H groups in total. The van der Waals surface area contributed by atoms with Crippen LogP contribution in [-0.2, 0) is 17.8 Å². The van der Waals surface area contributed by atoms with E-state index in [1.807, 2.05) is 48.7 Å². The highest BCUT2D eigenvalue weighted by molar-refractivity contribution is 6.03. The van der Waals surface area contributed by atoms with E-state index in [0.717, 1.165) is 42.5 Å². The lowest BCUT2D eigenvalue weighted by atomic mass is 9.91. The Labute approximate surface area is 188 Å². The molecule has 6 nitrogen and oxygen atoms in total. The summed E-state index contributed by atoms with van der Waals surface area (Å²) in [4.78, 5) is 29.1. The van der Waals surface area contributed by atoms with Crippen molar-refractivity contribution in [2.45, 2.75) is 70.5 Å². The van der Waals surface area contributed by atoms with Crippen LogP contribution in [0.3, 0.4) is 0 Å². The Kier molecular flexibility index (Phi) is 5.31. The average molecular weight is 434 g/mol. The first-order chi connectivity index (χ1) is 15.5. The minimum atomic E-state index is -0.965. The van der Waals surface area contributed by atoms with Crippen molar-refractivity contribution in [3.05, 3.63) is 59.5 Å². The molecule has 2 aliphatic rings. The summed E-state index contributed by atoms with van der Waals surface area (Å²) in [5.41, 5.74) is 2.36. The Morgan fingerprint density at radius 2 is 1.91 bits per heavy atom. The summed E-state index contributed by atoms with van der Waals surface area (Å²) >= 11 is 0. The van der Waals surface area contributed by atoms with Crippen molar-refractivity contribution in [3.8, 4) is 0 Å². The quantitative estimate of drug-likeness (QED) is 0.646. The highest BCUT2D eigenvalue weighted by Gasteiger charge is 2.48. The molecular weight excluding hydrogens is 402 g/mol. The molecule has 1 unspecified atom stereocenters. The summed E-state index contributed by atoms with van der Waals surface area (Å²) in [6.07, 6.45) is 6.26. The highest BCUT2D eigenvalue weighted by atomic mass is 16.3. The van der Waals surface area contributed by atoms with Crippen molar-refractivity contribution in [3.63, 3.8) is 0 Å². The van der Waals surface area contributed by atoms with Crippen LogP contribution in [0.4, 0.5) is 0 Å². The third-order valence-electron chi connectivity index (χ3n) is 7.14. The minimum Gasteiger partial charge on any atom is -0.460 e. The van der Waals surface area contributed by atoms with Gasteiger partial charge < -0.3 is 19.2 Å². The van der Waals surface area contributed by atoms with Crippen LogP contribution in [0.5, 0.6) is 0 Å². The average Bonchev–Trinajstić information content (AvgIpc) is 3.31. The van der Waals surface area contributed by atoms with Crippen LogP contribution in [0.15, 0.2) is 46.9 Å². The number of furan rings is 1. The first-order valence-electron chi connectivity index (χ1n) is 11.7. The largest absolute Gasteiger partial charge is 0.460 e. The summed E-state index contributed by atoms with van der Waals surface area (Å²) < 4.78 is 7.76. The normalized spacial score (nSPS) is 21.7. The minimum absolute atomic E-state index is 0.0569. The molecule has 1 aliphatic heterocycles. The Morgan fingerprint density at radius 1 is 1.16 bits per heavy atom. The number of nitrogens with zero attached hydrogens (tertiary/aromatic N) is 2. The van der Waals surface area contributed by atoms with E-state index in [-0.39, 0.29) is 17.9 Å². The molecule has 1 fully saturated rings.